The minimum atomic E-state index is -2.95. The number of ether oxygens (including phenoxy) is 2. The first-order chi connectivity index (χ1) is 14.9. The Labute approximate surface area is 187 Å². The summed E-state index contributed by atoms with van der Waals surface area (Å²) >= 11 is 3.48. The summed E-state index contributed by atoms with van der Waals surface area (Å²) < 4.78 is 37.4. The molecule has 4 rings (SSSR count). The number of benzene rings is 2. The van der Waals surface area contributed by atoms with Crippen molar-refractivity contribution < 1.29 is 18.3 Å². The largest absolute Gasteiger partial charge is 0.496 e. The van der Waals surface area contributed by atoms with Crippen LogP contribution in [0.3, 0.4) is 0 Å². The van der Waals surface area contributed by atoms with Crippen molar-refractivity contribution in [1.82, 2.24) is 10.6 Å². The maximum Gasteiger partial charge on any atom is 0.387 e. The molecule has 2 heterocycles. The molecule has 0 saturated carbocycles. The van der Waals surface area contributed by atoms with Gasteiger partial charge in [0.05, 0.1) is 24.8 Å². The molecule has 1 atom stereocenters. The average Bonchev–Trinajstić information content (AvgIpc) is 2.75. The zero-order valence-corrected chi connectivity index (χ0v) is 18.5. The SMILES string of the molecule is COc1ccc(Br)cc1C1(N)NC=Nc2cc(OC(F)F)c(NC3CCNCC3)cc21. The fourth-order valence-corrected chi connectivity index (χ4v) is 4.34. The van der Waals surface area contributed by atoms with Crippen molar-refractivity contribution in [3.8, 4) is 11.5 Å². The highest BCUT2D eigenvalue weighted by molar-refractivity contribution is 9.10. The van der Waals surface area contributed by atoms with E-state index < -0.39 is 12.3 Å². The van der Waals surface area contributed by atoms with E-state index in [4.69, 9.17) is 15.2 Å². The molecule has 0 radical (unpaired) electrons. The molecule has 2 aromatic rings. The van der Waals surface area contributed by atoms with Crippen LogP contribution in [0.2, 0.25) is 0 Å². The standard InChI is InChI=1S/C21H24BrF2N5O2/c1-30-18-3-2-12(22)8-15(18)21(25)14-9-17(29-13-4-6-26-7-5-13)19(31-20(23)24)10-16(14)27-11-28-21/h2-3,8-11,13,20,26,29H,4-7,25H2,1H3,(H,27,28). The monoisotopic (exact) mass is 495 g/mol. The van der Waals surface area contributed by atoms with Crippen LogP contribution >= 0.6 is 15.9 Å². The van der Waals surface area contributed by atoms with Gasteiger partial charge in [0.25, 0.3) is 0 Å². The fourth-order valence-electron chi connectivity index (χ4n) is 3.98. The Bertz CT molecular complexity index is 984. The van der Waals surface area contributed by atoms with E-state index in [0.29, 0.717) is 28.3 Å². The van der Waals surface area contributed by atoms with Crippen molar-refractivity contribution in [2.75, 3.05) is 25.5 Å². The van der Waals surface area contributed by atoms with Gasteiger partial charge in [-0.25, -0.2) is 4.99 Å². The minimum Gasteiger partial charge on any atom is -0.496 e. The third-order valence-corrected chi connectivity index (χ3v) is 6.01. The molecule has 1 fully saturated rings. The number of alkyl halides is 2. The van der Waals surface area contributed by atoms with Crippen LogP contribution < -0.4 is 31.2 Å². The first kappa shape index (κ1) is 21.8. The number of hydrogen-bond acceptors (Lipinski definition) is 7. The van der Waals surface area contributed by atoms with E-state index in [1.165, 1.54) is 12.4 Å². The van der Waals surface area contributed by atoms with Crippen LogP contribution in [0.1, 0.15) is 24.0 Å². The molecule has 10 heteroatoms. The first-order valence-electron chi connectivity index (χ1n) is 9.94. The summed E-state index contributed by atoms with van der Waals surface area (Å²) in [4.78, 5) is 4.32. The molecule has 1 unspecified atom stereocenters. The second-order valence-corrected chi connectivity index (χ2v) is 8.38. The average molecular weight is 496 g/mol. The number of fused-ring (bicyclic) bond motifs is 1. The lowest BCUT2D eigenvalue weighted by Crippen LogP contribution is -2.52. The van der Waals surface area contributed by atoms with Gasteiger partial charge in [0, 0.05) is 27.7 Å². The topological polar surface area (TPSA) is 92.9 Å². The molecule has 2 aliphatic rings. The number of nitrogens with two attached hydrogens (primary N) is 1. The molecule has 0 amide bonds. The summed E-state index contributed by atoms with van der Waals surface area (Å²) in [5, 5.41) is 9.77. The summed E-state index contributed by atoms with van der Waals surface area (Å²) in [6.45, 7) is -1.24. The molecule has 0 bridgehead atoms. The number of hydrogen-bond donors (Lipinski definition) is 4. The van der Waals surface area contributed by atoms with Gasteiger partial charge in [-0.1, -0.05) is 15.9 Å². The molecule has 0 aliphatic carbocycles. The molecule has 1 saturated heterocycles. The van der Waals surface area contributed by atoms with Crippen molar-refractivity contribution in [3.05, 3.63) is 45.9 Å². The number of rotatable bonds is 6. The Kier molecular flexibility index (Phi) is 6.31. The molecule has 0 spiro atoms. The molecular formula is C21H24BrF2N5O2. The molecule has 7 nitrogen and oxygen atoms in total. The minimum absolute atomic E-state index is 0.0369. The van der Waals surface area contributed by atoms with Crippen LogP contribution in [0, 0.1) is 0 Å². The molecule has 2 aromatic carbocycles. The van der Waals surface area contributed by atoms with E-state index in [1.807, 2.05) is 18.2 Å². The van der Waals surface area contributed by atoms with Gasteiger partial charge in [-0.3, -0.25) is 0 Å². The molecule has 0 aromatic heterocycles. The molecule has 31 heavy (non-hydrogen) atoms. The van der Waals surface area contributed by atoms with Crippen molar-refractivity contribution in [2.45, 2.75) is 31.2 Å². The molecule has 166 valence electrons. The summed E-state index contributed by atoms with van der Waals surface area (Å²) in [5.74, 6) is 0.620. The third kappa shape index (κ3) is 4.46. The number of methoxy groups -OCH3 is 1. The van der Waals surface area contributed by atoms with Gasteiger partial charge in [-0.05, 0) is 50.2 Å². The van der Waals surface area contributed by atoms with E-state index in [9.17, 15) is 8.78 Å². The summed E-state index contributed by atoms with van der Waals surface area (Å²) in [5.41, 5.74) is 7.85. The highest BCUT2D eigenvalue weighted by Crippen LogP contribution is 2.44. The lowest BCUT2D eigenvalue weighted by Gasteiger charge is -2.36. The van der Waals surface area contributed by atoms with Crippen molar-refractivity contribution in [2.24, 2.45) is 10.7 Å². The number of piperidine rings is 1. The summed E-state index contributed by atoms with van der Waals surface area (Å²) in [7, 11) is 1.57. The maximum absolute atomic E-state index is 13.1. The predicted molar refractivity (Wildman–Crippen MR) is 120 cm³/mol. The Morgan fingerprint density at radius 3 is 2.68 bits per heavy atom. The van der Waals surface area contributed by atoms with Gasteiger partial charge in [0.2, 0.25) is 0 Å². The van der Waals surface area contributed by atoms with Crippen molar-refractivity contribution in [3.63, 3.8) is 0 Å². The Morgan fingerprint density at radius 1 is 1.19 bits per heavy atom. The lowest BCUT2D eigenvalue weighted by atomic mass is 9.88. The zero-order valence-electron chi connectivity index (χ0n) is 16.9. The van der Waals surface area contributed by atoms with Crippen LogP contribution in [0.4, 0.5) is 20.2 Å². The second-order valence-electron chi connectivity index (χ2n) is 7.47. The number of anilines is 1. The molecule has 2 aliphatic heterocycles. The van der Waals surface area contributed by atoms with Gasteiger partial charge in [0.1, 0.15) is 11.4 Å². The Balaban J connectivity index is 1.82. The van der Waals surface area contributed by atoms with Gasteiger partial charge in [-0.2, -0.15) is 8.78 Å². The molecule has 5 N–H and O–H groups in total. The number of nitrogens with one attached hydrogen (secondary N) is 3. The smallest absolute Gasteiger partial charge is 0.387 e. The second kappa shape index (κ2) is 8.97. The lowest BCUT2D eigenvalue weighted by molar-refractivity contribution is -0.0493. The van der Waals surface area contributed by atoms with Crippen LogP contribution in [-0.4, -0.2) is 39.2 Å². The Morgan fingerprint density at radius 2 is 1.97 bits per heavy atom. The highest BCUT2D eigenvalue weighted by atomic mass is 79.9. The highest BCUT2D eigenvalue weighted by Gasteiger charge is 2.37. The first-order valence-corrected chi connectivity index (χ1v) is 10.7. The van der Waals surface area contributed by atoms with E-state index in [0.717, 1.165) is 30.4 Å². The molecular weight excluding hydrogens is 472 g/mol. The fraction of sp³-hybridized carbons (Fsp3) is 0.381. The Hall–Kier alpha value is -2.43. The van der Waals surface area contributed by atoms with Crippen LogP contribution in [0.5, 0.6) is 11.5 Å². The zero-order chi connectivity index (χ0) is 22.0. The van der Waals surface area contributed by atoms with Crippen molar-refractivity contribution in [1.29, 1.82) is 0 Å². The predicted octanol–water partition coefficient (Wildman–Crippen LogP) is 3.65. The van der Waals surface area contributed by atoms with Gasteiger partial charge >= 0.3 is 6.61 Å². The van der Waals surface area contributed by atoms with Crippen LogP contribution in [0.25, 0.3) is 0 Å². The number of aliphatic imine (C=N–C) groups is 1. The van der Waals surface area contributed by atoms with Crippen LogP contribution in [0.15, 0.2) is 39.8 Å². The van der Waals surface area contributed by atoms with Gasteiger partial charge in [0.15, 0.2) is 5.75 Å². The maximum atomic E-state index is 13.1. The van der Waals surface area contributed by atoms with Gasteiger partial charge in [-0.15, -0.1) is 0 Å². The van der Waals surface area contributed by atoms with E-state index in [1.54, 1.807) is 13.2 Å². The van der Waals surface area contributed by atoms with E-state index in [-0.39, 0.29) is 11.8 Å². The van der Waals surface area contributed by atoms with E-state index >= 15 is 0 Å². The van der Waals surface area contributed by atoms with E-state index in [2.05, 4.69) is 36.9 Å². The quantitative estimate of drug-likeness (QED) is 0.488. The third-order valence-electron chi connectivity index (χ3n) is 5.52. The normalized spacial score (nSPS) is 20.8. The number of nitrogens with zero attached hydrogens (tertiary/aromatic N) is 1. The summed E-state index contributed by atoms with van der Waals surface area (Å²) in [6, 6.07) is 8.88. The van der Waals surface area contributed by atoms with Crippen LogP contribution in [-0.2, 0) is 5.66 Å². The number of halogens is 3. The van der Waals surface area contributed by atoms with Gasteiger partial charge < -0.3 is 31.2 Å². The van der Waals surface area contributed by atoms with Crippen molar-refractivity contribution >= 4 is 33.6 Å². The summed E-state index contributed by atoms with van der Waals surface area (Å²) in [6.07, 6.45) is 3.19.